The van der Waals surface area contributed by atoms with E-state index in [0.29, 0.717) is 12.1 Å². The maximum atomic E-state index is 11.9. The number of aliphatic hydroxyl groups excluding tert-OH is 1. The number of aliphatic hydroxyl groups is 1. The molecule has 6 heteroatoms. The van der Waals surface area contributed by atoms with Gasteiger partial charge in [0.1, 0.15) is 5.75 Å². The molecule has 4 N–H and O–H groups in total. The van der Waals surface area contributed by atoms with Gasteiger partial charge in [0.2, 0.25) is 0 Å². The number of phenolic OH excluding ortho intramolecular Hbond substituents is 1. The summed E-state index contributed by atoms with van der Waals surface area (Å²) in [7, 11) is 0. The average Bonchev–Trinajstić information content (AvgIpc) is 2.55. The number of benzene rings is 2. The smallest absolute Gasteiger partial charge is 0.313 e. The molecule has 0 heterocycles. The average molecular weight is 314 g/mol. The Labute approximate surface area is 133 Å². The molecule has 23 heavy (non-hydrogen) atoms. The van der Waals surface area contributed by atoms with Gasteiger partial charge in [0.05, 0.1) is 12.6 Å². The van der Waals surface area contributed by atoms with Crippen LogP contribution in [0.4, 0.5) is 5.69 Å². The molecule has 0 aliphatic carbocycles. The van der Waals surface area contributed by atoms with E-state index in [2.05, 4.69) is 10.6 Å². The second kappa shape index (κ2) is 7.95. The monoisotopic (exact) mass is 314 g/mol. The maximum Gasteiger partial charge on any atom is 0.313 e. The standard InChI is InChI=1S/C17H18N2O4/c20-11-14(9-12-5-2-1-3-6-12)19-17(23)16(22)18-13-7-4-8-15(21)10-13/h1-8,10,14,20-21H,9,11H2,(H,18,22)(H,19,23)/t14-/m0/s1. The lowest BCUT2D eigenvalue weighted by Crippen LogP contribution is -2.44. The molecule has 0 bridgehead atoms. The van der Waals surface area contributed by atoms with Crippen LogP contribution in [-0.4, -0.2) is 34.7 Å². The maximum absolute atomic E-state index is 11.9. The first-order valence-corrected chi connectivity index (χ1v) is 7.14. The lowest BCUT2D eigenvalue weighted by atomic mass is 10.1. The van der Waals surface area contributed by atoms with E-state index < -0.39 is 17.9 Å². The highest BCUT2D eigenvalue weighted by Crippen LogP contribution is 2.15. The third-order valence-electron chi connectivity index (χ3n) is 3.19. The molecule has 0 spiro atoms. The van der Waals surface area contributed by atoms with Gasteiger partial charge in [0, 0.05) is 11.8 Å². The van der Waals surface area contributed by atoms with Gasteiger partial charge in [-0.05, 0) is 24.1 Å². The Morgan fingerprint density at radius 1 is 1.00 bits per heavy atom. The highest BCUT2D eigenvalue weighted by atomic mass is 16.3. The van der Waals surface area contributed by atoms with Crippen LogP contribution in [-0.2, 0) is 16.0 Å². The Morgan fingerprint density at radius 3 is 2.39 bits per heavy atom. The molecule has 2 amide bonds. The summed E-state index contributed by atoms with van der Waals surface area (Å²) in [6, 6.07) is 14.7. The van der Waals surface area contributed by atoms with Crippen molar-refractivity contribution in [2.75, 3.05) is 11.9 Å². The zero-order valence-electron chi connectivity index (χ0n) is 12.4. The minimum absolute atomic E-state index is 0.0134. The number of hydrogen-bond donors (Lipinski definition) is 4. The fourth-order valence-corrected chi connectivity index (χ4v) is 2.08. The van der Waals surface area contributed by atoms with Crippen molar-refractivity contribution in [1.29, 1.82) is 0 Å². The van der Waals surface area contributed by atoms with E-state index in [4.69, 9.17) is 0 Å². The second-order valence-corrected chi connectivity index (χ2v) is 5.05. The molecule has 0 unspecified atom stereocenters. The molecule has 0 aliphatic rings. The van der Waals surface area contributed by atoms with E-state index in [0.717, 1.165) is 5.56 Å². The van der Waals surface area contributed by atoms with E-state index >= 15 is 0 Å². The number of aromatic hydroxyl groups is 1. The second-order valence-electron chi connectivity index (χ2n) is 5.05. The van der Waals surface area contributed by atoms with Gasteiger partial charge in [-0.15, -0.1) is 0 Å². The molecule has 120 valence electrons. The molecule has 0 radical (unpaired) electrons. The zero-order chi connectivity index (χ0) is 16.7. The first-order valence-electron chi connectivity index (χ1n) is 7.14. The molecule has 0 aromatic heterocycles. The normalized spacial score (nSPS) is 11.5. The number of carbonyl (C=O) groups is 2. The van der Waals surface area contributed by atoms with Crippen LogP contribution in [0.2, 0.25) is 0 Å². The molecular formula is C17H18N2O4. The van der Waals surface area contributed by atoms with Crippen LogP contribution in [0.15, 0.2) is 54.6 Å². The molecule has 1 atom stereocenters. The topological polar surface area (TPSA) is 98.7 Å². The van der Waals surface area contributed by atoms with Crippen molar-refractivity contribution in [3.05, 3.63) is 60.2 Å². The Kier molecular flexibility index (Phi) is 5.71. The fourth-order valence-electron chi connectivity index (χ4n) is 2.08. The number of amides is 2. The largest absolute Gasteiger partial charge is 0.508 e. The summed E-state index contributed by atoms with van der Waals surface area (Å²) in [5.74, 6) is -1.72. The van der Waals surface area contributed by atoms with E-state index in [-0.39, 0.29) is 12.4 Å². The summed E-state index contributed by atoms with van der Waals surface area (Å²) in [6.07, 6.45) is 0.419. The predicted octanol–water partition coefficient (Wildman–Crippen LogP) is 1.05. The predicted molar refractivity (Wildman–Crippen MR) is 85.9 cm³/mol. The van der Waals surface area contributed by atoms with Gasteiger partial charge in [-0.1, -0.05) is 36.4 Å². The summed E-state index contributed by atoms with van der Waals surface area (Å²) in [5.41, 5.74) is 1.26. The Bertz CT molecular complexity index is 673. The van der Waals surface area contributed by atoms with Crippen LogP contribution in [0.1, 0.15) is 5.56 Å². The fraction of sp³-hybridized carbons (Fsp3) is 0.176. The molecule has 0 fully saturated rings. The summed E-state index contributed by atoms with van der Waals surface area (Å²) >= 11 is 0. The SMILES string of the molecule is O=C(Nc1cccc(O)c1)C(=O)N[C@H](CO)Cc1ccccc1. The number of carbonyl (C=O) groups excluding carboxylic acids is 2. The molecule has 0 aliphatic heterocycles. The molecule has 6 nitrogen and oxygen atoms in total. The van der Waals surface area contributed by atoms with Crippen molar-refractivity contribution in [3.63, 3.8) is 0 Å². The van der Waals surface area contributed by atoms with Crippen LogP contribution in [0.25, 0.3) is 0 Å². The number of hydrogen-bond acceptors (Lipinski definition) is 4. The minimum atomic E-state index is -0.859. The lowest BCUT2D eigenvalue weighted by Gasteiger charge is -2.16. The number of nitrogens with one attached hydrogen (secondary N) is 2. The molecule has 2 rings (SSSR count). The summed E-state index contributed by atoms with van der Waals surface area (Å²) in [5, 5.41) is 23.6. The van der Waals surface area contributed by atoms with Crippen molar-refractivity contribution in [2.45, 2.75) is 12.5 Å². The van der Waals surface area contributed by atoms with Crippen molar-refractivity contribution in [2.24, 2.45) is 0 Å². The summed E-state index contributed by atoms with van der Waals surface area (Å²) in [4.78, 5) is 23.7. The van der Waals surface area contributed by atoms with Crippen LogP contribution < -0.4 is 10.6 Å². The first-order chi connectivity index (χ1) is 11.1. The highest BCUT2D eigenvalue weighted by Gasteiger charge is 2.18. The van der Waals surface area contributed by atoms with Gasteiger partial charge < -0.3 is 20.8 Å². The Morgan fingerprint density at radius 2 is 1.74 bits per heavy atom. The molecule has 0 saturated carbocycles. The third kappa shape index (κ3) is 5.12. The van der Waals surface area contributed by atoms with Crippen LogP contribution in [0, 0.1) is 0 Å². The number of anilines is 1. The van der Waals surface area contributed by atoms with Gasteiger partial charge in [0.25, 0.3) is 0 Å². The van der Waals surface area contributed by atoms with Crippen LogP contribution >= 0.6 is 0 Å². The van der Waals surface area contributed by atoms with Crippen molar-refractivity contribution in [3.8, 4) is 5.75 Å². The van der Waals surface area contributed by atoms with Gasteiger partial charge in [-0.3, -0.25) is 9.59 Å². The Balaban J connectivity index is 1.92. The van der Waals surface area contributed by atoms with E-state index in [1.54, 1.807) is 12.1 Å². The number of phenols is 1. The van der Waals surface area contributed by atoms with E-state index in [1.807, 2.05) is 30.3 Å². The van der Waals surface area contributed by atoms with Crippen LogP contribution in [0.5, 0.6) is 5.75 Å². The highest BCUT2D eigenvalue weighted by molar-refractivity contribution is 6.39. The zero-order valence-corrected chi connectivity index (χ0v) is 12.4. The first kappa shape index (κ1) is 16.5. The minimum Gasteiger partial charge on any atom is -0.508 e. The number of rotatable bonds is 5. The molecule has 2 aromatic rings. The molecule has 0 saturated heterocycles. The van der Waals surface area contributed by atoms with Gasteiger partial charge >= 0.3 is 11.8 Å². The van der Waals surface area contributed by atoms with Crippen molar-refractivity contribution < 1.29 is 19.8 Å². The van der Waals surface area contributed by atoms with E-state index in [9.17, 15) is 19.8 Å². The van der Waals surface area contributed by atoms with Gasteiger partial charge in [-0.2, -0.15) is 0 Å². The summed E-state index contributed by atoms with van der Waals surface area (Å²) < 4.78 is 0. The van der Waals surface area contributed by atoms with Crippen LogP contribution in [0.3, 0.4) is 0 Å². The van der Waals surface area contributed by atoms with Gasteiger partial charge in [-0.25, -0.2) is 0 Å². The Hall–Kier alpha value is -2.86. The van der Waals surface area contributed by atoms with Crippen molar-refractivity contribution in [1.82, 2.24) is 5.32 Å². The summed E-state index contributed by atoms with van der Waals surface area (Å²) in [6.45, 7) is -0.278. The van der Waals surface area contributed by atoms with E-state index in [1.165, 1.54) is 12.1 Å². The molecule has 2 aromatic carbocycles. The molecular weight excluding hydrogens is 296 g/mol. The quantitative estimate of drug-likeness (QED) is 0.620. The van der Waals surface area contributed by atoms with Gasteiger partial charge in [0.15, 0.2) is 0 Å². The third-order valence-corrected chi connectivity index (χ3v) is 3.19. The van der Waals surface area contributed by atoms with Crippen molar-refractivity contribution >= 4 is 17.5 Å². The lowest BCUT2D eigenvalue weighted by molar-refractivity contribution is -0.136.